The third-order valence-electron chi connectivity index (χ3n) is 2.30. The van der Waals surface area contributed by atoms with E-state index in [0.717, 1.165) is 12.1 Å². The zero-order chi connectivity index (χ0) is 12.4. The first-order chi connectivity index (χ1) is 7.27. The molecule has 0 saturated carbocycles. The Hall–Kier alpha value is -1.10. The van der Waals surface area contributed by atoms with Gasteiger partial charge in [-0.25, -0.2) is 4.39 Å². The Morgan fingerprint density at radius 1 is 1.12 bits per heavy atom. The van der Waals surface area contributed by atoms with Crippen LogP contribution in [0.2, 0.25) is 0 Å². The Morgan fingerprint density at radius 3 is 2.19 bits per heavy atom. The van der Waals surface area contributed by atoms with Gasteiger partial charge in [-0.05, 0) is 31.7 Å². The normalized spacial score (nSPS) is 15.9. The van der Waals surface area contributed by atoms with Crippen LogP contribution in [0.5, 0.6) is 0 Å². The van der Waals surface area contributed by atoms with E-state index < -0.39 is 17.4 Å². The van der Waals surface area contributed by atoms with E-state index in [0.29, 0.717) is 0 Å². The Kier molecular flexibility index (Phi) is 3.57. The van der Waals surface area contributed by atoms with Gasteiger partial charge in [-0.15, -0.1) is 0 Å². The van der Waals surface area contributed by atoms with Crippen molar-refractivity contribution in [2.45, 2.75) is 18.8 Å². The Bertz CT molecular complexity index is 357. The van der Waals surface area contributed by atoms with Crippen molar-refractivity contribution in [3.05, 3.63) is 35.4 Å². The average molecular weight is 235 g/mol. The van der Waals surface area contributed by atoms with Crippen LogP contribution in [0.4, 0.5) is 17.6 Å². The minimum atomic E-state index is -4.44. The maximum absolute atomic E-state index is 14.0. The quantitative estimate of drug-likeness (QED) is 0.794. The minimum absolute atomic E-state index is 0.0247. The Morgan fingerprint density at radius 2 is 1.69 bits per heavy atom. The van der Waals surface area contributed by atoms with Gasteiger partial charge in [0.1, 0.15) is 5.67 Å². The van der Waals surface area contributed by atoms with E-state index in [1.54, 1.807) is 7.05 Å². The second-order valence-corrected chi connectivity index (χ2v) is 3.81. The van der Waals surface area contributed by atoms with Crippen molar-refractivity contribution in [3.63, 3.8) is 0 Å². The first kappa shape index (κ1) is 13.0. The van der Waals surface area contributed by atoms with Crippen molar-refractivity contribution in [2.24, 2.45) is 0 Å². The summed E-state index contributed by atoms with van der Waals surface area (Å²) in [7, 11) is 1.55. The molecular formula is C11H13F4N. The van der Waals surface area contributed by atoms with E-state index in [-0.39, 0.29) is 12.1 Å². The van der Waals surface area contributed by atoms with Gasteiger partial charge in [-0.2, -0.15) is 13.2 Å². The molecule has 0 spiro atoms. The second kappa shape index (κ2) is 4.41. The molecule has 1 aromatic carbocycles. The Labute approximate surface area is 91.5 Å². The molecule has 0 radical (unpaired) electrons. The second-order valence-electron chi connectivity index (χ2n) is 3.81. The molecule has 5 heteroatoms. The minimum Gasteiger partial charge on any atom is -0.316 e. The number of hydrogen-bond donors (Lipinski definition) is 1. The fraction of sp³-hybridized carbons (Fsp3) is 0.455. The number of rotatable bonds is 3. The van der Waals surface area contributed by atoms with Crippen molar-refractivity contribution >= 4 is 0 Å². The number of alkyl halides is 4. The number of benzene rings is 1. The summed E-state index contributed by atoms with van der Waals surface area (Å²) in [5.41, 5.74) is -2.61. The lowest BCUT2D eigenvalue weighted by atomic mass is 9.96. The number of nitrogens with one attached hydrogen (secondary N) is 1. The molecule has 0 amide bonds. The van der Waals surface area contributed by atoms with Crippen molar-refractivity contribution in [2.75, 3.05) is 13.6 Å². The van der Waals surface area contributed by atoms with Crippen molar-refractivity contribution < 1.29 is 17.6 Å². The van der Waals surface area contributed by atoms with Crippen LogP contribution in [-0.2, 0) is 11.8 Å². The smallest absolute Gasteiger partial charge is 0.316 e. The molecule has 16 heavy (non-hydrogen) atoms. The van der Waals surface area contributed by atoms with E-state index in [1.165, 1.54) is 19.1 Å². The fourth-order valence-corrected chi connectivity index (χ4v) is 1.45. The van der Waals surface area contributed by atoms with Crippen LogP contribution >= 0.6 is 0 Å². The monoisotopic (exact) mass is 235 g/mol. The largest absolute Gasteiger partial charge is 0.416 e. The van der Waals surface area contributed by atoms with Gasteiger partial charge in [0.15, 0.2) is 0 Å². The zero-order valence-electron chi connectivity index (χ0n) is 9.03. The summed E-state index contributed by atoms with van der Waals surface area (Å²) in [6.07, 6.45) is -4.44. The van der Waals surface area contributed by atoms with E-state index in [4.69, 9.17) is 0 Å². The van der Waals surface area contributed by atoms with Gasteiger partial charge < -0.3 is 5.32 Å². The van der Waals surface area contributed by atoms with E-state index in [2.05, 4.69) is 5.32 Å². The molecule has 1 rings (SSSR count). The summed E-state index contributed by atoms with van der Waals surface area (Å²) in [6.45, 7) is 1.22. The zero-order valence-corrected chi connectivity index (χ0v) is 9.03. The predicted molar refractivity (Wildman–Crippen MR) is 53.8 cm³/mol. The van der Waals surface area contributed by atoms with E-state index in [1.807, 2.05) is 0 Å². The van der Waals surface area contributed by atoms with E-state index >= 15 is 0 Å². The van der Waals surface area contributed by atoms with E-state index in [9.17, 15) is 17.6 Å². The lowest BCUT2D eigenvalue weighted by Gasteiger charge is -2.21. The van der Waals surface area contributed by atoms with Gasteiger partial charge in [0.25, 0.3) is 0 Å². The van der Waals surface area contributed by atoms with Crippen LogP contribution in [0.3, 0.4) is 0 Å². The average Bonchev–Trinajstić information content (AvgIpc) is 2.16. The molecule has 0 fully saturated rings. The van der Waals surface area contributed by atoms with Gasteiger partial charge in [0, 0.05) is 6.54 Å². The topological polar surface area (TPSA) is 12.0 Å². The summed E-state index contributed by atoms with van der Waals surface area (Å²) < 4.78 is 51.2. The molecule has 1 unspecified atom stereocenters. The molecule has 0 aliphatic carbocycles. The maximum Gasteiger partial charge on any atom is 0.416 e. The number of halogens is 4. The van der Waals surface area contributed by atoms with Gasteiger partial charge in [0.05, 0.1) is 5.56 Å². The molecule has 0 bridgehead atoms. The summed E-state index contributed by atoms with van der Waals surface area (Å²) in [5, 5.41) is 2.61. The number of likely N-dealkylation sites (N-methyl/N-ethyl adjacent to an activating group) is 1. The number of hydrogen-bond acceptors (Lipinski definition) is 1. The van der Waals surface area contributed by atoms with Crippen LogP contribution < -0.4 is 5.32 Å². The van der Waals surface area contributed by atoms with Crippen LogP contribution in [0.15, 0.2) is 24.3 Å². The molecule has 1 N–H and O–H groups in total. The molecule has 1 atom stereocenters. The van der Waals surface area contributed by atoms with Crippen LogP contribution in [0, 0.1) is 0 Å². The highest BCUT2D eigenvalue weighted by atomic mass is 19.4. The highest BCUT2D eigenvalue weighted by Crippen LogP contribution is 2.33. The predicted octanol–water partition coefficient (Wildman–Crippen LogP) is 3.11. The SMILES string of the molecule is CNCC(C)(F)c1cccc(C(F)(F)F)c1. The summed E-state index contributed by atoms with van der Waals surface area (Å²) >= 11 is 0. The summed E-state index contributed by atoms with van der Waals surface area (Å²) in [6, 6.07) is 4.34. The summed E-state index contributed by atoms with van der Waals surface area (Å²) in [4.78, 5) is 0. The highest BCUT2D eigenvalue weighted by Gasteiger charge is 2.33. The maximum atomic E-state index is 14.0. The molecule has 0 aliphatic heterocycles. The molecular weight excluding hydrogens is 222 g/mol. The van der Waals surface area contributed by atoms with Gasteiger partial charge in [0.2, 0.25) is 0 Å². The summed E-state index contributed by atoms with van der Waals surface area (Å²) in [5.74, 6) is 0. The fourth-order valence-electron chi connectivity index (χ4n) is 1.45. The van der Waals surface area contributed by atoms with Gasteiger partial charge in [-0.1, -0.05) is 12.1 Å². The lowest BCUT2D eigenvalue weighted by molar-refractivity contribution is -0.137. The van der Waals surface area contributed by atoms with Crippen LogP contribution in [0.1, 0.15) is 18.1 Å². The first-order valence-corrected chi connectivity index (χ1v) is 4.78. The third-order valence-corrected chi connectivity index (χ3v) is 2.30. The molecule has 1 aromatic rings. The molecule has 1 nitrogen and oxygen atoms in total. The molecule has 0 aromatic heterocycles. The van der Waals surface area contributed by atoms with Crippen LogP contribution in [-0.4, -0.2) is 13.6 Å². The first-order valence-electron chi connectivity index (χ1n) is 4.78. The van der Waals surface area contributed by atoms with Crippen molar-refractivity contribution in [1.82, 2.24) is 5.32 Å². The Balaban J connectivity index is 3.08. The van der Waals surface area contributed by atoms with Crippen LogP contribution in [0.25, 0.3) is 0 Å². The molecule has 0 aliphatic rings. The standard InChI is InChI=1S/C11H13F4N/c1-10(12,7-16-2)8-4-3-5-9(6-8)11(13,14)15/h3-6,16H,7H2,1-2H3. The van der Waals surface area contributed by atoms with Gasteiger partial charge >= 0.3 is 6.18 Å². The lowest BCUT2D eigenvalue weighted by Crippen LogP contribution is -2.29. The molecule has 0 saturated heterocycles. The molecule has 0 heterocycles. The molecule has 90 valence electrons. The third kappa shape index (κ3) is 2.95. The van der Waals surface area contributed by atoms with Gasteiger partial charge in [-0.3, -0.25) is 0 Å². The van der Waals surface area contributed by atoms with Crippen molar-refractivity contribution in [1.29, 1.82) is 0 Å². The van der Waals surface area contributed by atoms with Crippen molar-refractivity contribution in [3.8, 4) is 0 Å². The highest BCUT2D eigenvalue weighted by molar-refractivity contribution is 5.29.